The molecule has 12 heterocycles. The summed E-state index contributed by atoms with van der Waals surface area (Å²) in [6, 6.07) is 8.61. The van der Waals surface area contributed by atoms with E-state index in [2.05, 4.69) is 88.4 Å². The van der Waals surface area contributed by atoms with Gasteiger partial charge in [0.2, 0.25) is 0 Å². The van der Waals surface area contributed by atoms with Crippen molar-refractivity contribution in [2.24, 2.45) is 0 Å². The first-order chi connectivity index (χ1) is 48.5. The van der Waals surface area contributed by atoms with Crippen LogP contribution in [0.2, 0.25) is 15.1 Å². The number of ether oxygens (including phenoxy) is 4. The number of rotatable bonds is 6. The molecule has 0 unspecified atom stereocenters. The lowest BCUT2D eigenvalue weighted by Crippen LogP contribution is -2.56. The number of amides is 7. The molecule has 3 fully saturated rings. The molecule has 12 rings (SSSR count). The second-order valence-electron chi connectivity index (χ2n) is 28.7. The standard InChI is InChI=1S/C25H32ClN7O6.C16H19BrClN3O4.C15H16ClN7O2.C9H14N4O2.CH4/c1-23(2,3)38-21(36)30-17-12-16(27-13-28-17)29-15-11-14(26)18-19(34)31-25(33(18)20(15)35)7-9-32(10-8-25)22(37)39-24(4,5)6;1-15(2,3)25-14(24)20-6-4-16(5-7-20)19-12(22)11-10(18)8-9(17)13(23)21(11)16;16-8-5-9(21-11-6-10(17)19-7-20-11)14(25)23-12(8)13(24)22-15(23)1-3-18-4-2-15;1-9(2,3)15-8(14)13-7-4-6(10)11-5-12-7;/h11-13H,7-10H2,1-6H3,(H,31,34)(H2,27,28,29,30,36);8H,4-7H2,1-3H3,(H,19,22);5-7,18H,1-4H2,(H,22,24)(H3,17,19,20,21);4-5H,1-3H3,(H3,10,11,12,13,14);1H4. The Hall–Kier alpha value is -9.91. The average molecular weight is 1580 g/mol. The Morgan fingerprint density at radius 2 is 0.771 bits per heavy atom. The fourth-order valence-electron chi connectivity index (χ4n) is 11.9. The molecule has 0 radical (unpaired) electrons. The number of nitrogens with two attached hydrogens (primary N) is 2. The fourth-order valence-corrected chi connectivity index (χ4v) is 13.2. The van der Waals surface area contributed by atoms with Gasteiger partial charge in [-0.25, -0.2) is 49.1 Å². The molecule has 3 spiro atoms. The number of likely N-dealkylation sites (tertiary alicyclic amines) is 2. The number of nitrogen functional groups attached to an aromatic ring is 2. The predicted octanol–water partition coefficient (Wildman–Crippen LogP) is 8.94. The quantitative estimate of drug-likeness (QED) is 0.0695. The van der Waals surface area contributed by atoms with E-state index in [0.717, 1.165) is 0 Å². The van der Waals surface area contributed by atoms with Crippen molar-refractivity contribution in [3.8, 4) is 0 Å². The van der Waals surface area contributed by atoms with E-state index in [1.165, 1.54) is 69.1 Å². The summed E-state index contributed by atoms with van der Waals surface area (Å²) in [6.07, 6.45) is 4.22. The summed E-state index contributed by atoms with van der Waals surface area (Å²) in [5, 5.41) is 23.3. The van der Waals surface area contributed by atoms with Gasteiger partial charge in [-0.3, -0.25) is 53.1 Å². The number of fused-ring (bicyclic) bond motifs is 6. The highest BCUT2D eigenvalue weighted by atomic mass is 79.9. The van der Waals surface area contributed by atoms with E-state index in [1.807, 2.05) is 20.8 Å². The van der Waals surface area contributed by atoms with Crippen LogP contribution in [0.3, 0.4) is 0 Å². The first-order valence-corrected chi connectivity index (χ1v) is 34.6. The van der Waals surface area contributed by atoms with E-state index < -0.39 is 75.2 Å². The molecule has 0 bridgehead atoms. The zero-order valence-corrected chi connectivity index (χ0v) is 62.8. The van der Waals surface area contributed by atoms with Crippen molar-refractivity contribution in [2.75, 3.05) is 72.0 Å². The lowest BCUT2D eigenvalue weighted by molar-refractivity contribution is 0.00821. The minimum absolute atomic E-state index is 0. The number of anilines is 8. The number of hydrogen-bond donors (Lipinski definition) is 10. The van der Waals surface area contributed by atoms with Crippen LogP contribution in [0.15, 0.2) is 74.2 Å². The summed E-state index contributed by atoms with van der Waals surface area (Å²) in [7, 11) is 0. The van der Waals surface area contributed by atoms with Crippen molar-refractivity contribution >= 4 is 139 Å². The molecule has 39 heteroatoms. The molecule has 0 atom stereocenters. The molecular weight excluding hydrogens is 1500 g/mol. The van der Waals surface area contributed by atoms with Crippen LogP contribution >= 0.6 is 50.7 Å². The molecule has 12 N–H and O–H groups in total. The molecule has 3 saturated heterocycles. The second-order valence-corrected chi connectivity index (χ2v) is 30.8. The maximum Gasteiger partial charge on any atom is 0.413 e. The molecule has 105 heavy (non-hydrogen) atoms. The van der Waals surface area contributed by atoms with Crippen molar-refractivity contribution < 1.29 is 52.5 Å². The lowest BCUT2D eigenvalue weighted by Gasteiger charge is -2.40. The maximum atomic E-state index is 13.7. The number of nitrogens with zero attached hydrogens (tertiary/aromatic N) is 11. The third-order valence-electron chi connectivity index (χ3n) is 16.1. The van der Waals surface area contributed by atoms with Gasteiger partial charge in [-0.1, -0.05) is 42.2 Å². The first kappa shape index (κ1) is 80.8. The predicted molar refractivity (Wildman–Crippen MR) is 395 cm³/mol. The Morgan fingerprint density at radius 3 is 1.14 bits per heavy atom. The molecule has 6 aromatic rings. The van der Waals surface area contributed by atoms with Crippen LogP contribution in [0, 0.1) is 0 Å². The van der Waals surface area contributed by atoms with Gasteiger partial charge in [0.05, 0.1) is 19.5 Å². The number of pyridine rings is 3. The second kappa shape index (κ2) is 31.4. The Morgan fingerprint density at radius 1 is 0.457 bits per heavy atom. The molecule has 566 valence electrons. The molecule has 6 aromatic heterocycles. The van der Waals surface area contributed by atoms with Crippen molar-refractivity contribution in [2.45, 2.75) is 168 Å². The highest BCUT2D eigenvalue weighted by Crippen LogP contribution is 2.39. The van der Waals surface area contributed by atoms with Crippen LogP contribution in [-0.4, -0.2) is 157 Å². The summed E-state index contributed by atoms with van der Waals surface area (Å²) in [5.74, 6) is 0.428. The van der Waals surface area contributed by atoms with Gasteiger partial charge in [0.15, 0.2) is 0 Å². The minimum atomic E-state index is -1.06. The van der Waals surface area contributed by atoms with Crippen LogP contribution in [0.1, 0.15) is 161 Å². The topological polar surface area (TPSA) is 455 Å². The number of hydrogen-bond acceptors (Lipinski definition) is 25. The van der Waals surface area contributed by atoms with Gasteiger partial charge in [-0.2, -0.15) is 0 Å². The molecule has 0 aliphatic carbocycles. The molecule has 0 aromatic carbocycles. The summed E-state index contributed by atoms with van der Waals surface area (Å²) in [4.78, 5) is 152. The fraction of sp³-hybridized carbons (Fsp3) is 0.485. The molecule has 6 aliphatic heterocycles. The Kier molecular flexibility index (Phi) is 24.2. The van der Waals surface area contributed by atoms with E-state index in [0.29, 0.717) is 68.0 Å². The van der Waals surface area contributed by atoms with Crippen molar-refractivity contribution in [1.29, 1.82) is 0 Å². The largest absolute Gasteiger partial charge is 0.444 e. The van der Waals surface area contributed by atoms with Gasteiger partial charge in [0, 0.05) is 82.9 Å². The van der Waals surface area contributed by atoms with Gasteiger partial charge < -0.3 is 72.1 Å². The van der Waals surface area contributed by atoms with E-state index in [-0.39, 0.29) is 123 Å². The van der Waals surface area contributed by atoms with Crippen LogP contribution in [0.5, 0.6) is 0 Å². The summed E-state index contributed by atoms with van der Waals surface area (Å²) < 4.78 is 25.7. The van der Waals surface area contributed by atoms with Crippen molar-refractivity contribution in [3.63, 3.8) is 0 Å². The highest BCUT2D eigenvalue weighted by Gasteiger charge is 2.50. The van der Waals surface area contributed by atoms with E-state index >= 15 is 0 Å². The summed E-state index contributed by atoms with van der Waals surface area (Å²) in [6.45, 7) is 24.0. The van der Waals surface area contributed by atoms with Crippen LogP contribution < -0.4 is 70.7 Å². The number of piperidine rings is 3. The third kappa shape index (κ3) is 19.3. The van der Waals surface area contributed by atoms with Gasteiger partial charge >= 0.3 is 24.4 Å². The number of carbonyl (C=O) groups is 7. The SMILES string of the molecule is C.CC(C)(C)OC(=O)N1CCC2(CC1)NC(=O)c1c(Cl)cc(Br)c(=O)n12.CC(C)(C)OC(=O)Nc1cc(N)ncn1.CC(C)(C)OC(=O)Nc1cc(Nc2cc(Cl)c3n(c2=O)C2(CCN(C(=O)OC(C)(C)C)CC2)NC3=O)ncn1.Nc1cc(Nc2cc(Cl)c3n(c2=O)C2(CCNCC2)NC3=O)ncn1. The smallest absolute Gasteiger partial charge is 0.413 e. The van der Waals surface area contributed by atoms with Gasteiger partial charge in [-0.15, -0.1) is 0 Å². The van der Waals surface area contributed by atoms with E-state index in [4.69, 9.17) is 65.2 Å². The Balaban J connectivity index is 0.000000185. The van der Waals surface area contributed by atoms with Crippen LogP contribution in [-0.2, 0) is 35.9 Å². The third-order valence-corrected chi connectivity index (χ3v) is 17.6. The number of aromatic nitrogens is 9. The van der Waals surface area contributed by atoms with Gasteiger partial charge in [0.25, 0.3) is 34.4 Å². The van der Waals surface area contributed by atoms with Crippen molar-refractivity contribution in [1.82, 2.24) is 74.7 Å². The van der Waals surface area contributed by atoms with E-state index in [9.17, 15) is 47.9 Å². The Labute approximate surface area is 626 Å². The van der Waals surface area contributed by atoms with Crippen molar-refractivity contribution in [3.05, 3.63) is 123 Å². The Bertz CT molecular complexity index is 4550. The molecular formula is C66H85BrCl3N21O14. The summed E-state index contributed by atoms with van der Waals surface area (Å²) in [5.41, 5.74) is 5.48. The zero-order valence-electron chi connectivity index (χ0n) is 59.0. The van der Waals surface area contributed by atoms with Gasteiger partial charge in [0.1, 0.15) is 122 Å². The van der Waals surface area contributed by atoms with Gasteiger partial charge in [-0.05, 0) is 130 Å². The molecule has 0 saturated carbocycles. The number of nitrogens with one attached hydrogen (secondary N) is 8. The first-order valence-electron chi connectivity index (χ1n) is 32.7. The normalized spacial score (nSPS) is 16.4. The maximum absolute atomic E-state index is 13.7. The van der Waals surface area contributed by atoms with Crippen LogP contribution in [0.25, 0.3) is 0 Å². The minimum Gasteiger partial charge on any atom is -0.444 e. The zero-order chi connectivity index (χ0) is 76.4. The molecule has 35 nitrogen and oxygen atoms in total. The highest BCUT2D eigenvalue weighted by molar-refractivity contribution is 9.10. The van der Waals surface area contributed by atoms with E-state index in [1.54, 1.807) is 72.1 Å². The number of carbonyl (C=O) groups excluding carboxylic acids is 7. The average Bonchev–Trinajstić information content (AvgIpc) is 1.60. The van der Waals surface area contributed by atoms with Crippen LogP contribution in [0.4, 0.5) is 65.5 Å². The molecule has 6 aliphatic rings. The summed E-state index contributed by atoms with van der Waals surface area (Å²) >= 11 is 22.1. The molecule has 7 amide bonds. The number of halogens is 4. The lowest BCUT2D eigenvalue weighted by atomic mass is 9.97. The monoisotopic (exact) mass is 1580 g/mol.